The molecule has 6 heteroatoms. The fraction of sp³-hybridized carbons (Fsp3) is 0.333. The van der Waals surface area contributed by atoms with Crippen molar-refractivity contribution in [1.29, 1.82) is 0 Å². The van der Waals surface area contributed by atoms with Gasteiger partial charge in [0.05, 0.1) is 24.4 Å². The highest BCUT2D eigenvalue weighted by molar-refractivity contribution is 5.90. The molecule has 1 aliphatic rings. The average molecular weight is 324 g/mol. The van der Waals surface area contributed by atoms with Gasteiger partial charge in [-0.25, -0.2) is 4.98 Å². The number of aromatic nitrogens is 2. The van der Waals surface area contributed by atoms with Crippen molar-refractivity contribution in [3.63, 3.8) is 0 Å². The molecule has 4 rings (SSSR count). The van der Waals surface area contributed by atoms with E-state index in [9.17, 15) is 0 Å². The minimum Gasteiger partial charge on any atom is -0.467 e. The highest BCUT2D eigenvalue weighted by Crippen LogP contribution is 2.23. The van der Waals surface area contributed by atoms with Crippen LogP contribution in [0.3, 0.4) is 0 Å². The predicted octanol–water partition coefficient (Wildman–Crippen LogP) is 3.43. The molecule has 1 saturated heterocycles. The van der Waals surface area contributed by atoms with Gasteiger partial charge in [0.15, 0.2) is 0 Å². The summed E-state index contributed by atoms with van der Waals surface area (Å²) in [7, 11) is 0. The van der Waals surface area contributed by atoms with E-state index in [1.807, 2.05) is 36.4 Å². The zero-order valence-corrected chi connectivity index (χ0v) is 13.4. The molecule has 2 N–H and O–H groups in total. The van der Waals surface area contributed by atoms with Crippen molar-refractivity contribution in [2.24, 2.45) is 0 Å². The normalized spacial score (nSPS) is 17.2. The third-order valence-corrected chi connectivity index (χ3v) is 4.13. The Hall–Kier alpha value is -2.60. The van der Waals surface area contributed by atoms with Crippen LogP contribution in [0.1, 0.15) is 18.6 Å². The highest BCUT2D eigenvalue weighted by atomic mass is 16.5. The second-order valence-electron chi connectivity index (χ2n) is 5.86. The number of hydrogen-bond donors (Lipinski definition) is 2. The number of anilines is 2. The molecule has 24 heavy (non-hydrogen) atoms. The predicted molar refractivity (Wildman–Crippen MR) is 93.0 cm³/mol. The van der Waals surface area contributed by atoms with Crippen molar-refractivity contribution in [3.8, 4) is 0 Å². The fourth-order valence-electron chi connectivity index (χ4n) is 2.89. The largest absolute Gasteiger partial charge is 0.467 e. The number of rotatable bonds is 6. The second kappa shape index (κ2) is 6.88. The quantitative estimate of drug-likeness (QED) is 0.724. The number of hydrogen-bond acceptors (Lipinski definition) is 6. The van der Waals surface area contributed by atoms with Gasteiger partial charge in [-0.05, 0) is 37.1 Å². The van der Waals surface area contributed by atoms with Gasteiger partial charge in [-0.3, -0.25) is 0 Å². The maximum atomic E-state index is 5.68. The first-order valence-corrected chi connectivity index (χ1v) is 8.27. The van der Waals surface area contributed by atoms with Crippen LogP contribution in [-0.2, 0) is 11.3 Å². The van der Waals surface area contributed by atoms with Gasteiger partial charge in [-0.15, -0.1) is 0 Å². The summed E-state index contributed by atoms with van der Waals surface area (Å²) in [5.74, 6) is 2.26. The molecule has 0 amide bonds. The Labute approximate surface area is 140 Å². The van der Waals surface area contributed by atoms with Crippen LogP contribution < -0.4 is 10.6 Å². The molecule has 0 saturated carbocycles. The van der Waals surface area contributed by atoms with E-state index in [0.29, 0.717) is 12.5 Å². The van der Waals surface area contributed by atoms with Crippen molar-refractivity contribution < 1.29 is 9.15 Å². The first-order valence-electron chi connectivity index (χ1n) is 8.27. The summed E-state index contributed by atoms with van der Waals surface area (Å²) in [5, 5.41) is 7.66. The number of nitrogens with one attached hydrogen (secondary N) is 2. The molecule has 1 aromatic carbocycles. The van der Waals surface area contributed by atoms with Gasteiger partial charge in [0.25, 0.3) is 0 Å². The Morgan fingerprint density at radius 3 is 2.88 bits per heavy atom. The average Bonchev–Trinajstić information content (AvgIpc) is 3.31. The SMILES string of the molecule is c1coc(CNc2nc(NC[C@@H]3CCCO3)c3ccccc3n2)c1. The standard InChI is InChI=1S/C18H20N4O2/c1-2-8-16-15(7-1)17(19-11-13-5-3-9-23-13)22-18(21-16)20-12-14-6-4-10-24-14/h1-2,4,6-8,10,13H,3,5,9,11-12H2,(H2,19,20,21,22)/t13-/m0/s1. The van der Waals surface area contributed by atoms with Crippen molar-refractivity contribution in [1.82, 2.24) is 9.97 Å². The molecule has 0 spiro atoms. The van der Waals surface area contributed by atoms with Gasteiger partial charge < -0.3 is 19.8 Å². The lowest BCUT2D eigenvalue weighted by Crippen LogP contribution is -2.19. The lowest BCUT2D eigenvalue weighted by molar-refractivity contribution is 0.120. The maximum Gasteiger partial charge on any atom is 0.225 e. The Kier molecular flexibility index (Phi) is 4.29. The molecule has 2 aromatic heterocycles. The van der Waals surface area contributed by atoms with E-state index in [4.69, 9.17) is 9.15 Å². The topological polar surface area (TPSA) is 72.2 Å². The maximum absolute atomic E-state index is 5.68. The molecule has 0 radical (unpaired) electrons. The lowest BCUT2D eigenvalue weighted by Gasteiger charge is -2.14. The molecule has 0 aliphatic carbocycles. The molecule has 1 aliphatic heterocycles. The molecule has 124 valence electrons. The van der Waals surface area contributed by atoms with Gasteiger partial charge >= 0.3 is 0 Å². The molecule has 0 unspecified atom stereocenters. The van der Waals surface area contributed by atoms with E-state index in [1.54, 1.807) is 6.26 Å². The van der Waals surface area contributed by atoms with Crippen LogP contribution in [0.25, 0.3) is 10.9 Å². The van der Waals surface area contributed by atoms with Crippen LogP contribution >= 0.6 is 0 Å². The summed E-state index contributed by atoms with van der Waals surface area (Å²) in [6, 6.07) is 11.8. The van der Waals surface area contributed by atoms with Crippen molar-refractivity contribution in [2.45, 2.75) is 25.5 Å². The van der Waals surface area contributed by atoms with Crippen molar-refractivity contribution in [3.05, 3.63) is 48.4 Å². The van der Waals surface area contributed by atoms with E-state index >= 15 is 0 Å². The Morgan fingerprint density at radius 2 is 2.04 bits per heavy atom. The van der Waals surface area contributed by atoms with Crippen LogP contribution in [0, 0.1) is 0 Å². The Bertz CT molecular complexity index is 798. The zero-order valence-electron chi connectivity index (χ0n) is 13.4. The van der Waals surface area contributed by atoms with Crippen LogP contribution in [0.15, 0.2) is 47.1 Å². The van der Waals surface area contributed by atoms with Crippen molar-refractivity contribution >= 4 is 22.7 Å². The Morgan fingerprint density at radius 1 is 1.08 bits per heavy atom. The van der Waals surface area contributed by atoms with Crippen LogP contribution in [-0.4, -0.2) is 29.2 Å². The number of furan rings is 1. The first kappa shape index (κ1) is 15.0. The van der Waals surface area contributed by atoms with E-state index in [1.165, 1.54) is 0 Å². The van der Waals surface area contributed by atoms with Gasteiger partial charge in [0.2, 0.25) is 5.95 Å². The van der Waals surface area contributed by atoms with Gasteiger partial charge in [0.1, 0.15) is 11.6 Å². The van der Waals surface area contributed by atoms with Crippen LogP contribution in [0.2, 0.25) is 0 Å². The third-order valence-electron chi connectivity index (χ3n) is 4.13. The number of nitrogens with zero attached hydrogens (tertiary/aromatic N) is 2. The summed E-state index contributed by atoms with van der Waals surface area (Å²) in [6.07, 6.45) is 4.15. The zero-order chi connectivity index (χ0) is 16.2. The number of ether oxygens (including phenoxy) is 1. The minimum absolute atomic E-state index is 0.262. The minimum atomic E-state index is 0.262. The van der Waals surface area contributed by atoms with E-state index < -0.39 is 0 Å². The molecule has 6 nitrogen and oxygen atoms in total. The molecule has 1 atom stereocenters. The van der Waals surface area contributed by atoms with Gasteiger partial charge in [-0.1, -0.05) is 12.1 Å². The fourth-order valence-corrected chi connectivity index (χ4v) is 2.89. The molecule has 3 aromatic rings. The number of benzene rings is 1. The smallest absolute Gasteiger partial charge is 0.225 e. The molecule has 0 bridgehead atoms. The van der Waals surface area contributed by atoms with E-state index in [-0.39, 0.29) is 6.10 Å². The number of fused-ring (bicyclic) bond motifs is 1. The van der Waals surface area contributed by atoms with Crippen molar-refractivity contribution in [2.75, 3.05) is 23.8 Å². The van der Waals surface area contributed by atoms with Crippen LogP contribution in [0.4, 0.5) is 11.8 Å². The summed E-state index contributed by atoms with van der Waals surface area (Å²) < 4.78 is 11.0. The Balaban J connectivity index is 1.55. The van der Waals surface area contributed by atoms with E-state index in [2.05, 4.69) is 20.6 Å². The number of para-hydroxylation sites is 1. The lowest BCUT2D eigenvalue weighted by atomic mass is 10.2. The molecular formula is C18H20N4O2. The first-order chi connectivity index (χ1) is 11.9. The summed E-state index contributed by atoms with van der Waals surface area (Å²) >= 11 is 0. The molecule has 3 heterocycles. The summed E-state index contributed by atoms with van der Waals surface area (Å²) in [5.41, 5.74) is 0.907. The second-order valence-corrected chi connectivity index (χ2v) is 5.86. The molecule has 1 fully saturated rings. The third kappa shape index (κ3) is 3.33. The summed E-state index contributed by atoms with van der Waals surface area (Å²) in [4.78, 5) is 9.21. The summed E-state index contributed by atoms with van der Waals surface area (Å²) in [6.45, 7) is 2.17. The molecular weight excluding hydrogens is 304 g/mol. The van der Waals surface area contributed by atoms with Gasteiger partial charge in [-0.2, -0.15) is 4.98 Å². The van der Waals surface area contributed by atoms with Crippen LogP contribution in [0.5, 0.6) is 0 Å². The highest BCUT2D eigenvalue weighted by Gasteiger charge is 2.16. The monoisotopic (exact) mass is 324 g/mol. The van der Waals surface area contributed by atoms with E-state index in [0.717, 1.165) is 48.5 Å². The van der Waals surface area contributed by atoms with Gasteiger partial charge in [0, 0.05) is 18.5 Å².